The quantitative estimate of drug-likeness (QED) is 0.717. The van der Waals surface area contributed by atoms with Crippen LogP contribution in [0.4, 0.5) is 5.69 Å². The van der Waals surface area contributed by atoms with Gasteiger partial charge in [-0.2, -0.15) is 0 Å². The molecule has 3 aliphatic rings. The molecule has 2 saturated heterocycles. The lowest BCUT2D eigenvalue weighted by Gasteiger charge is -2.34. The van der Waals surface area contributed by atoms with Crippen molar-refractivity contribution >= 4 is 29.3 Å². The largest absolute Gasteiger partial charge is 0.371 e. The van der Waals surface area contributed by atoms with Crippen LogP contribution >= 0.6 is 0 Å². The Morgan fingerprint density at radius 2 is 1.79 bits per heavy atom. The summed E-state index contributed by atoms with van der Waals surface area (Å²) in [6, 6.07) is 4.36. The van der Waals surface area contributed by atoms with Gasteiger partial charge in [0.25, 0.3) is 11.8 Å². The number of carbonyl (C=O) groups excluding carboxylic acids is 4. The van der Waals surface area contributed by atoms with E-state index in [1.54, 1.807) is 12.1 Å². The van der Waals surface area contributed by atoms with Gasteiger partial charge in [0.2, 0.25) is 11.8 Å². The van der Waals surface area contributed by atoms with Crippen LogP contribution in [0.1, 0.15) is 59.2 Å². The van der Waals surface area contributed by atoms with E-state index in [0.717, 1.165) is 49.4 Å². The molecule has 4 rings (SSSR count). The number of imide groups is 2. The van der Waals surface area contributed by atoms with E-state index >= 15 is 0 Å². The van der Waals surface area contributed by atoms with E-state index in [2.05, 4.69) is 10.2 Å². The highest BCUT2D eigenvalue weighted by Crippen LogP contribution is 2.36. The summed E-state index contributed by atoms with van der Waals surface area (Å²) in [4.78, 5) is 53.0. The molecule has 1 atom stereocenters. The highest BCUT2D eigenvalue weighted by molar-refractivity contribution is 6.25. The Bertz CT molecular complexity index is 860. The maximum absolute atomic E-state index is 13.2. The lowest BCUT2D eigenvalue weighted by molar-refractivity contribution is -0.136. The zero-order chi connectivity index (χ0) is 20.5. The topological polar surface area (TPSA) is 113 Å². The number of amides is 4. The highest BCUT2D eigenvalue weighted by atomic mass is 16.2. The van der Waals surface area contributed by atoms with Gasteiger partial charge in [-0.1, -0.05) is 6.07 Å². The number of rotatable bonds is 5. The van der Waals surface area contributed by atoms with Gasteiger partial charge in [0.05, 0.1) is 16.8 Å². The molecule has 154 valence electrons. The lowest BCUT2D eigenvalue weighted by Crippen LogP contribution is -2.54. The third-order valence-corrected chi connectivity index (χ3v) is 6.22. The first-order valence-corrected chi connectivity index (χ1v) is 10.3. The van der Waals surface area contributed by atoms with E-state index in [1.165, 1.54) is 0 Å². The molecule has 0 saturated carbocycles. The molecule has 8 heteroatoms. The molecule has 3 N–H and O–H groups in total. The second kappa shape index (κ2) is 7.94. The van der Waals surface area contributed by atoms with Gasteiger partial charge in [0.15, 0.2) is 0 Å². The first-order chi connectivity index (χ1) is 14.0. The second-order valence-electron chi connectivity index (χ2n) is 8.01. The first-order valence-electron chi connectivity index (χ1n) is 10.3. The highest BCUT2D eigenvalue weighted by Gasteiger charge is 2.46. The molecule has 4 amide bonds. The Morgan fingerprint density at radius 3 is 2.48 bits per heavy atom. The van der Waals surface area contributed by atoms with Crippen LogP contribution < -0.4 is 16.0 Å². The van der Waals surface area contributed by atoms with Crippen molar-refractivity contribution in [2.75, 3.05) is 24.5 Å². The molecular weight excluding hydrogens is 372 g/mol. The maximum Gasteiger partial charge on any atom is 0.264 e. The Balaban J connectivity index is 1.56. The van der Waals surface area contributed by atoms with Gasteiger partial charge in [-0.3, -0.25) is 29.4 Å². The molecular formula is C21H26N4O4. The van der Waals surface area contributed by atoms with Gasteiger partial charge in [-0.25, -0.2) is 0 Å². The predicted octanol–water partition coefficient (Wildman–Crippen LogP) is 1.04. The summed E-state index contributed by atoms with van der Waals surface area (Å²) < 4.78 is 0. The summed E-state index contributed by atoms with van der Waals surface area (Å²) in [7, 11) is 0. The number of nitrogens with zero attached hydrogens (tertiary/aromatic N) is 2. The molecule has 29 heavy (non-hydrogen) atoms. The number of piperidine rings is 2. The van der Waals surface area contributed by atoms with Crippen molar-refractivity contribution in [2.24, 2.45) is 11.7 Å². The fourth-order valence-corrected chi connectivity index (χ4v) is 4.63. The minimum absolute atomic E-state index is 0.118. The van der Waals surface area contributed by atoms with E-state index in [-0.39, 0.29) is 18.7 Å². The fourth-order valence-electron chi connectivity index (χ4n) is 4.63. The average Bonchev–Trinajstić information content (AvgIpc) is 2.98. The summed E-state index contributed by atoms with van der Waals surface area (Å²) in [5.74, 6) is -1.22. The van der Waals surface area contributed by atoms with Gasteiger partial charge in [-0.05, 0) is 56.7 Å². The first kappa shape index (κ1) is 19.6. The molecule has 1 unspecified atom stereocenters. The number of anilines is 1. The smallest absolute Gasteiger partial charge is 0.264 e. The number of carbonyl (C=O) groups is 4. The molecule has 0 aromatic heterocycles. The fraction of sp³-hybridized carbons (Fsp3) is 0.524. The van der Waals surface area contributed by atoms with Crippen LogP contribution in [0.5, 0.6) is 0 Å². The zero-order valence-electron chi connectivity index (χ0n) is 16.4. The van der Waals surface area contributed by atoms with Crippen LogP contribution in [-0.4, -0.2) is 54.2 Å². The normalized spacial score (nSPS) is 22.9. The standard InChI is InChI=1S/C21H26N4O4/c22-10-2-3-13-8-11-24(12-9-13)15-5-1-4-14-18(15)21(29)25(20(14)28)16-6-7-17(26)23-19(16)27/h1,4-5,13,16H,2-3,6-12,22H2,(H,23,26,27). The number of nitrogens with one attached hydrogen (secondary N) is 1. The Hall–Kier alpha value is -2.74. The van der Waals surface area contributed by atoms with Crippen molar-refractivity contribution in [3.8, 4) is 0 Å². The van der Waals surface area contributed by atoms with Crippen molar-refractivity contribution in [1.29, 1.82) is 0 Å². The molecule has 0 aliphatic carbocycles. The molecule has 0 radical (unpaired) electrons. The van der Waals surface area contributed by atoms with Crippen molar-refractivity contribution in [3.05, 3.63) is 29.3 Å². The Labute approximate surface area is 169 Å². The minimum atomic E-state index is -0.935. The van der Waals surface area contributed by atoms with E-state index < -0.39 is 23.8 Å². The van der Waals surface area contributed by atoms with Crippen LogP contribution in [-0.2, 0) is 9.59 Å². The molecule has 3 aliphatic heterocycles. The monoisotopic (exact) mass is 398 g/mol. The summed E-state index contributed by atoms with van der Waals surface area (Å²) in [5.41, 5.74) is 7.08. The van der Waals surface area contributed by atoms with E-state index in [4.69, 9.17) is 5.73 Å². The molecule has 3 heterocycles. The van der Waals surface area contributed by atoms with Crippen LogP contribution in [0.3, 0.4) is 0 Å². The Kier molecular flexibility index (Phi) is 5.36. The molecule has 8 nitrogen and oxygen atoms in total. The summed E-state index contributed by atoms with van der Waals surface area (Å²) in [6.07, 6.45) is 4.49. The maximum atomic E-state index is 13.2. The van der Waals surface area contributed by atoms with E-state index in [0.29, 0.717) is 23.6 Å². The number of hydrogen-bond acceptors (Lipinski definition) is 6. The zero-order valence-corrected chi connectivity index (χ0v) is 16.4. The average molecular weight is 398 g/mol. The van der Waals surface area contributed by atoms with Crippen LogP contribution in [0.2, 0.25) is 0 Å². The summed E-state index contributed by atoms with van der Waals surface area (Å²) >= 11 is 0. The van der Waals surface area contributed by atoms with Crippen molar-refractivity contribution < 1.29 is 19.2 Å². The third-order valence-electron chi connectivity index (χ3n) is 6.22. The van der Waals surface area contributed by atoms with Gasteiger partial charge < -0.3 is 10.6 Å². The molecule has 0 spiro atoms. The van der Waals surface area contributed by atoms with Crippen LogP contribution in [0.15, 0.2) is 18.2 Å². The van der Waals surface area contributed by atoms with Gasteiger partial charge in [-0.15, -0.1) is 0 Å². The minimum Gasteiger partial charge on any atom is -0.371 e. The number of hydrogen-bond donors (Lipinski definition) is 2. The van der Waals surface area contributed by atoms with Crippen LogP contribution in [0, 0.1) is 5.92 Å². The van der Waals surface area contributed by atoms with Crippen molar-refractivity contribution in [3.63, 3.8) is 0 Å². The number of fused-ring (bicyclic) bond motifs is 1. The second-order valence-corrected chi connectivity index (χ2v) is 8.01. The predicted molar refractivity (Wildman–Crippen MR) is 106 cm³/mol. The van der Waals surface area contributed by atoms with E-state index in [1.807, 2.05) is 6.07 Å². The van der Waals surface area contributed by atoms with Crippen molar-refractivity contribution in [1.82, 2.24) is 10.2 Å². The van der Waals surface area contributed by atoms with E-state index in [9.17, 15) is 19.2 Å². The van der Waals surface area contributed by atoms with Gasteiger partial charge >= 0.3 is 0 Å². The van der Waals surface area contributed by atoms with Crippen LogP contribution in [0.25, 0.3) is 0 Å². The SMILES string of the molecule is NCCCC1CCN(c2cccc3c2C(=O)N(C2CCC(=O)NC2=O)C3=O)CC1. The number of benzene rings is 1. The molecule has 0 bridgehead atoms. The van der Waals surface area contributed by atoms with Crippen molar-refractivity contribution in [2.45, 2.75) is 44.6 Å². The number of nitrogens with two attached hydrogens (primary N) is 1. The molecule has 1 aromatic carbocycles. The summed E-state index contributed by atoms with van der Waals surface area (Å²) in [6.45, 7) is 2.36. The molecule has 2 fully saturated rings. The summed E-state index contributed by atoms with van der Waals surface area (Å²) in [5, 5.41) is 2.23. The Morgan fingerprint density at radius 1 is 1.03 bits per heavy atom. The van der Waals surface area contributed by atoms with Gasteiger partial charge in [0.1, 0.15) is 6.04 Å². The van der Waals surface area contributed by atoms with Gasteiger partial charge in [0, 0.05) is 19.5 Å². The third kappa shape index (κ3) is 3.53. The molecule has 1 aromatic rings. The lowest BCUT2D eigenvalue weighted by atomic mass is 9.91.